The lowest BCUT2D eigenvalue weighted by molar-refractivity contribution is 0.0188. The SMILES string of the molecule is O[C@@H](CS[C@@H](C[C@H](O)c1ccccc1)c1ccccc1)CN1CCOCC1. The normalized spacial score (nSPS) is 18.7. The molecule has 3 atom stereocenters. The van der Waals surface area contributed by atoms with E-state index < -0.39 is 6.10 Å². The Kier molecular flexibility index (Phi) is 8.17. The van der Waals surface area contributed by atoms with E-state index in [1.54, 1.807) is 11.8 Å². The number of aliphatic hydroxyl groups is 2. The summed E-state index contributed by atoms with van der Waals surface area (Å²) in [5.41, 5.74) is 2.13. The first kappa shape index (κ1) is 20.4. The van der Waals surface area contributed by atoms with Gasteiger partial charge in [-0.2, -0.15) is 11.8 Å². The fraction of sp³-hybridized carbons (Fsp3) is 0.455. The van der Waals surface area contributed by atoms with Crippen molar-refractivity contribution in [1.82, 2.24) is 4.90 Å². The van der Waals surface area contributed by atoms with Gasteiger partial charge in [-0.1, -0.05) is 60.7 Å². The van der Waals surface area contributed by atoms with Gasteiger partial charge in [0.25, 0.3) is 0 Å². The maximum atomic E-state index is 10.7. The Morgan fingerprint density at radius 3 is 2.11 bits per heavy atom. The summed E-state index contributed by atoms with van der Waals surface area (Å²) in [7, 11) is 0. The molecule has 1 aliphatic heterocycles. The number of morpholine rings is 1. The molecule has 0 aromatic heterocycles. The molecule has 1 fully saturated rings. The highest BCUT2D eigenvalue weighted by Gasteiger charge is 2.21. The Bertz CT molecular complexity index is 649. The molecule has 1 heterocycles. The Morgan fingerprint density at radius 2 is 1.48 bits per heavy atom. The molecule has 0 spiro atoms. The van der Waals surface area contributed by atoms with Crippen LogP contribution in [0.25, 0.3) is 0 Å². The highest BCUT2D eigenvalue weighted by molar-refractivity contribution is 7.99. The zero-order valence-corrected chi connectivity index (χ0v) is 16.4. The van der Waals surface area contributed by atoms with Crippen molar-refractivity contribution in [3.63, 3.8) is 0 Å². The Labute approximate surface area is 166 Å². The third-order valence-electron chi connectivity index (χ3n) is 4.86. The van der Waals surface area contributed by atoms with Gasteiger partial charge < -0.3 is 14.9 Å². The smallest absolute Gasteiger partial charge is 0.0803 e. The zero-order chi connectivity index (χ0) is 18.9. The summed E-state index contributed by atoms with van der Waals surface area (Å²) >= 11 is 1.73. The lowest BCUT2D eigenvalue weighted by Crippen LogP contribution is -2.41. The Morgan fingerprint density at radius 1 is 0.889 bits per heavy atom. The van der Waals surface area contributed by atoms with Crippen molar-refractivity contribution >= 4 is 11.8 Å². The zero-order valence-electron chi connectivity index (χ0n) is 15.6. The minimum Gasteiger partial charge on any atom is -0.391 e. The van der Waals surface area contributed by atoms with Gasteiger partial charge in [0.15, 0.2) is 0 Å². The van der Waals surface area contributed by atoms with Gasteiger partial charge in [-0.05, 0) is 17.5 Å². The summed E-state index contributed by atoms with van der Waals surface area (Å²) in [5, 5.41) is 21.3. The van der Waals surface area contributed by atoms with Crippen molar-refractivity contribution in [3.05, 3.63) is 71.8 Å². The Balaban J connectivity index is 1.58. The monoisotopic (exact) mass is 387 g/mol. The molecule has 0 bridgehead atoms. The number of thioether (sulfide) groups is 1. The Hall–Kier alpha value is -1.37. The molecule has 27 heavy (non-hydrogen) atoms. The van der Waals surface area contributed by atoms with Crippen LogP contribution >= 0.6 is 11.8 Å². The molecule has 4 nitrogen and oxygen atoms in total. The third kappa shape index (κ3) is 6.63. The largest absolute Gasteiger partial charge is 0.391 e. The first-order valence-electron chi connectivity index (χ1n) is 9.60. The van der Waals surface area contributed by atoms with Crippen LogP contribution in [0.4, 0.5) is 0 Å². The second-order valence-corrected chi connectivity index (χ2v) is 8.20. The number of hydrogen-bond donors (Lipinski definition) is 2. The predicted molar refractivity (Wildman–Crippen MR) is 111 cm³/mol. The number of benzene rings is 2. The van der Waals surface area contributed by atoms with Gasteiger partial charge in [-0.25, -0.2) is 0 Å². The van der Waals surface area contributed by atoms with Crippen LogP contribution in [-0.4, -0.2) is 59.8 Å². The summed E-state index contributed by atoms with van der Waals surface area (Å²) in [5.74, 6) is 0.651. The van der Waals surface area contributed by atoms with Gasteiger partial charge in [-0.3, -0.25) is 4.90 Å². The van der Waals surface area contributed by atoms with Crippen LogP contribution in [0.2, 0.25) is 0 Å². The minimum atomic E-state index is -0.514. The summed E-state index contributed by atoms with van der Waals surface area (Å²) in [4.78, 5) is 2.26. The summed E-state index contributed by atoms with van der Waals surface area (Å²) in [6.45, 7) is 3.94. The number of hydrogen-bond acceptors (Lipinski definition) is 5. The second kappa shape index (κ2) is 10.8. The molecular formula is C22H29NO3S. The average Bonchev–Trinajstić information content (AvgIpc) is 2.73. The van der Waals surface area contributed by atoms with Crippen LogP contribution < -0.4 is 0 Å². The van der Waals surface area contributed by atoms with Crippen molar-refractivity contribution < 1.29 is 14.9 Å². The first-order valence-corrected chi connectivity index (χ1v) is 10.6. The molecule has 0 aliphatic carbocycles. The van der Waals surface area contributed by atoms with Crippen molar-refractivity contribution in [1.29, 1.82) is 0 Å². The predicted octanol–water partition coefficient (Wildman–Crippen LogP) is 3.28. The van der Waals surface area contributed by atoms with Gasteiger partial charge >= 0.3 is 0 Å². The molecule has 1 saturated heterocycles. The molecule has 0 amide bonds. The van der Waals surface area contributed by atoms with E-state index in [1.165, 1.54) is 5.56 Å². The van der Waals surface area contributed by atoms with Crippen LogP contribution in [0, 0.1) is 0 Å². The van der Waals surface area contributed by atoms with Crippen LogP contribution in [0.1, 0.15) is 28.9 Å². The van der Waals surface area contributed by atoms with Gasteiger partial charge in [-0.15, -0.1) is 0 Å². The van der Waals surface area contributed by atoms with Crippen molar-refractivity contribution in [3.8, 4) is 0 Å². The first-order chi connectivity index (χ1) is 13.2. The van der Waals surface area contributed by atoms with E-state index in [0.717, 1.165) is 31.9 Å². The molecular weight excluding hydrogens is 358 g/mol. The minimum absolute atomic E-state index is 0.140. The molecule has 2 aromatic rings. The summed E-state index contributed by atoms with van der Waals surface area (Å²) in [6.07, 6.45) is -0.267. The molecule has 2 aromatic carbocycles. The van der Waals surface area contributed by atoms with Gasteiger partial charge in [0.1, 0.15) is 0 Å². The lowest BCUT2D eigenvalue weighted by Gasteiger charge is -2.29. The van der Waals surface area contributed by atoms with Crippen molar-refractivity contribution in [2.75, 3.05) is 38.6 Å². The van der Waals surface area contributed by atoms with Crippen LogP contribution in [0.5, 0.6) is 0 Å². The second-order valence-electron chi connectivity index (χ2n) is 6.96. The van der Waals surface area contributed by atoms with E-state index in [4.69, 9.17) is 4.74 Å². The summed E-state index contributed by atoms with van der Waals surface area (Å²) in [6, 6.07) is 20.1. The number of nitrogens with zero attached hydrogens (tertiary/aromatic N) is 1. The number of aliphatic hydroxyl groups excluding tert-OH is 2. The highest BCUT2D eigenvalue weighted by Crippen LogP contribution is 2.37. The number of rotatable bonds is 9. The van der Waals surface area contributed by atoms with Gasteiger partial charge in [0, 0.05) is 30.6 Å². The standard InChI is InChI=1S/C22H29NO3S/c24-20(16-23-11-13-26-14-12-23)17-27-22(19-9-5-2-6-10-19)15-21(25)18-7-3-1-4-8-18/h1-10,20-22,24-25H,11-17H2/t20-,21+,22+/m1/s1. The number of ether oxygens (including phenoxy) is 1. The lowest BCUT2D eigenvalue weighted by atomic mass is 10.0. The van der Waals surface area contributed by atoms with E-state index in [-0.39, 0.29) is 11.4 Å². The van der Waals surface area contributed by atoms with Crippen LogP contribution in [0.3, 0.4) is 0 Å². The number of β-amino-alcohol motifs (C(OH)–C–C–N with tert-alkyl or cyclic N) is 1. The van der Waals surface area contributed by atoms with Crippen LogP contribution in [-0.2, 0) is 4.74 Å². The van der Waals surface area contributed by atoms with Crippen molar-refractivity contribution in [2.45, 2.75) is 23.9 Å². The van der Waals surface area contributed by atoms with E-state index >= 15 is 0 Å². The average molecular weight is 388 g/mol. The van der Waals surface area contributed by atoms with E-state index in [0.29, 0.717) is 18.7 Å². The molecule has 0 radical (unpaired) electrons. The van der Waals surface area contributed by atoms with Gasteiger partial charge in [0.2, 0.25) is 0 Å². The van der Waals surface area contributed by atoms with E-state index in [2.05, 4.69) is 17.0 Å². The van der Waals surface area contributed by atoms with E-state index in [1.807, 2.05) is 48.5 Å². The molecule has 1 aliphatic rings. The molecule has 146 valence electrons. The molecule has 3 rings (SSSR count). The molecule has 0 unspecified atom stereocenters. The van der Waals surface area contributed by atoms with Crippen LogP contribution in [0.15, 0.2) is 60.7 Å². The quantitative estimate of drug-likeness (QED) is 0.692. The van der Waals surface area contributed by atoms with E-state index in [9.17, 15) is 10.2 Å². The summed E-state index contributed by atoms with van der Waals surface area (Å²) < 4.78 is 5.37. The maximum absolute atomic E-state index is 10.7. The van der Waals surface area contributed by atoms with Crippen molar-refractivity contribution in [2.24, 2.45) is 0 Å². The molecule has 2 N–H and O–H groups in total. The highest BCUT2D eigenvalue weighted by atomic mass is 32.2. The molecule has 5 heteroatoms. The topological polar surface area (TPSA) is 52.9 Å². The fourth-order valence-electron chi connectivity index (χ4n) is 3.34. The third-order valence-corrected chi connectivity index (χ3v) is 6.30. The maximum Gasteiger partial charge on any atom is 0.0803 e. The van der Waals surface area contributed by atoms with Gasteiger partial charge in [0.05, 0.1) is 25.4 Å². The molecule has 0 saturated carbocycles. The fourth-order valence-corrected chi connectivity index (χ4v) is 4.57.